The van der Waals surface area contributed by atoms with Gasteiger partial charge in [0.1, 0.15) is 0 Å². The lowest BCUT2D eigenvalue weighted by Gasteiger charge is -2.21. The Morgan fingerprint density at radius 3 is 2.47 bits per heavy atom. The van der Waals surface area contributed by atoms with Crippen molar-refractivity contribution in [2.24, 2.45) is 0 Å². The Bertz CT molecular complexity index is 489. The van der Waals surface area contributed by atoms with Crippen molar-refractivity contribution in [1.29, 1.82) is 0 Å². The molecule has 1 heterocycles. The average molecular weight is 277 g/mol. The summed E-state index contributed by atoms with van der Waals surface area (Å²) in [6.45, 7) is 7.11. The molecule has 6 heteroatoms. The molecule has 4 nitrogen and oxygen atoms in total. The Morgan fingerprint density at radius 2 is 2.06 bits per heavy atom. The standard InChI is InChI=1S/C11H19NO3S2/c1-5-11(4,13)7-12-17(14,15)10-6-8(2)16-9(10)3/h6,12-13H,5,7H2,1-4H3. The highest BCUT2D eigenvalue weighted by Crippen LogP contribution is 2.24. The third kappa shape index (κ3) is 3.77. The number of hydrogen-bond acceptors (Lipinski definition) is 4. The van der Waals surface area contributed by atoms with Crippen LogP contribution in [-0.2, 0) is 10.0 Å². The highest BCUT2D eigenvalue weighted by atomic mass is 32.2. The summed E-state index contributed by atoms with van der Waals surface area (Å²) in [5, 5.41) is 9.78. The van der Waals surface area contributed by atoms with Gasteiger partial charge in [0, 0.05) is 16.3 Å². The van der Waals surface area contributed by atoms with Gasteiger partial charge in [-0.1, -0.05) is 6.92 Å². The second kappa shape index (κ2) is 5.06. The zero-order chi connectivity index (χ0) is 13.3. The van der Waals surface area contributed by atoms with Gasteiger partial charge < -0.3 is 5.11 Å². The number of sulfonamides is 1. The molecule has 98 valence electrons. The second-order valence-electron chi connectivity index (χ2n) is 4.45. The molecule has 0 fully saturated rings. The number of nitrogens with one attached hydrogen (secondary N) is 1. The lowest BCUT2D eigenvalue weighted by molar-refractivity contribution is 0.0613. The van der Waals surface area contributed by atoms with Gasteiger partial charge in [-0.25, -0.2) is 13.1 Å². The van der Waals surface area contributed by atoms with Crippen LogP contribution in [0.25, 0.3) is 0 Å². The van der Waals surface area contributed by atoms with Crippen LogP contribution in [-0.4, -0.2) is 25.7 Å². The van der Waals surface area contributed by atoms with Crippen molar-refractivity contribution < 1.29 is 13.5 Å². The van der Waals surface area contributed by atoms with Gasteiger partial charge in [0.25, 0.3) is 0 Å². The zero-order valence-electron chi connectivity index (χ0n) is 10.6. The number of rotatable bonds is 5. The van der Waals surface area contributed by atoms with Gasteiger partial charge in [-0.15, -0.1) is 11.3 Å². The van der Waals surface area contributed by atoms with E-state index < -0.39 is 15.6 Å². The maximum Gasteiger partial charge on any atom is 0.241 e. The van der Waals surface area contributed by atoms with Gasteiger partial charge in [0.2, 0.25) is 10.0 Å². The predicted molar refractivity (Wildman–Crippen MR) is 69.9 cm³/mol. The molecule has 1 aromatic heterocycles. The molecule has 0 saturated carbocycles. The summed E-state index contributed by atoms with van der Waals surface area (Å²) in [4.78, 5) is 2.04. The molecular formula is C11H19NO3S2. The normalized spacial score (nSPS) is 15.8. The van der Waals surface area contributed by atoms with Crippen molar-refractivity contribution in [1.82, 2.24) is 4.72 Å². The van der Waals surface area contributed by atoms with Crippen molar-refractivity contribution in [2.75, 3.05) is 6.54 Å². The van der Waals surface area contributed by atoms with Crippen LogP contribution in [0.15, 0.2) is 11.0 Å². The summed E-state index contributed by atoms with van der Waals surface area (Å²) < 4.78 is 26.5. The fourth-order valence-corrected chi connectivity index (χ4v) is 4.04. The third-order valence-electron chi connectivity index (χ3n) is 2.69. The Hall–Kier alpha value is -0.430. The number of thiophene rings is 1. The maximum atomic E-state index is 12.0. The molecule has 0 radical (unpaired) electrons. The number of aliphatic hydroxyl groups is 1. The minimum atomic E-state index is -3.51. The lowest BCUT2D eigenvalue weighted by atomic mass is 10.1. The third-order valence-corrected chi connectivity index (χ3v) is 5.31. The van der Waals surface area contributed by atoms with Crippen LogP contribution >= 0.6 is 11.3 Å². The molecule has 0 bridgehead atoms. The molecule has 0 aliphatic rings. The van der Waals surface area contributed by atoms with Gasteiger partial charge in [-0.05, 0) is 33.3 Å². The number of aryl methyl sites for hydroxylation is 2. The average Bonchev–Trinajstić information content (AvgIpc) is 2.56. The van der Waals surface area contributed by atoms with Crippen molar-refractivity contribution in [2.45, 2.75) is 44.6 Å². The Morgan fingerprint density at radius 1 is 1.47 bits per heavy atom. The summed E-state index contributed by atoms with van der Waals surface area (Å²) in [5.41, 5.74) is -1.01. The Labute approximate surface area is 107 Å². The van der Waals surface area contributed by atoms with Gasteiger partial charge in [0.15, 0.2) is 0 Å². The Balaban J connectivity index is 2.87. The molecule has 0 aliphatic carbocycles. The molecule has 0 spiro atoms. The highest BCUT2D eigenvalue weighted by molar-refractivity contribution is 7.89. The first-order chi connectivity index (χ1) is 7.68. The van der Waals surface area contributed by atoms with E-state index in [0.29, 0.717) is 11.3 Å². The molecule has 0 amide bonds. The van der Waals surface area contributed by atoms with Crippen LogP contribution in [0.4, 0.5) is 0 Å². The van der Waals surface area contributed by atoms with Crippen molar-refractivity contribution in [3.63, 3.8) is 0 Å². The maximum absolute atomic E-state index is 12.0. The summed E-state index contributed by atoms with van der Waals surface area (Å²) in [6.07, 6.45) is 0.497. The topological polar surface area (TPSA) is 66.4 Å². The minimum Gasteiger partial charge on any atom is -0.389 e. The summed E-state index contributed by atoms with van der Waals surface area (Å²) in [5.74, 6) is 0. The van der Waals surface area contributed by atoms with Crippen LogP contribution in [0.3, 0.4) is 0 Å². The lowest BCUT2D eigenvalue weighted by Crippen LogP contribution is -2.40. The molecule has 0 aliphatic heterocycles. The minimum absolute atomic E-state index is 0.0279. The largest absolute Gasteiger partial charge is 0.389 e. The van der Waals surface area contributed by atoms with Crippen molar-refractivity contribution in [3.05, 3.63) is 15.8 Å². The van der Waals surface area contributed by atoms with Crippen LogP contribution in [0.5, 0.6) is 0 Å². The van der Waals surface area contributed by atoms with E-state index in [9.17, 15) is 13.5 Å². The molecule has 17 heavy (non-hydrogen) atoms. The Kier molecular flexibility index (Phi) is 4.35. The van der Waals surface area contributed by atoms with Gasteiger partial charge in [-0.2, -0.15) is 0 Å². The highest BCUT2D eigenvalue weighted by Gasteiger charge is 2.24. The first-order valence-electron chi connectivity index (χ1n) is 5.47. The molecule has 1 aromatic rings. The molecule has 0 saturated heterocycles. The van der Waals surface area contributed by atoms with E-state index >= 15 is 0 Å². The second-order valence-corrected chi connectivity index (χ2v) is 7.65. The fraction of sp³-hybridized carbons (Fsp3) is 0.636. The molecule has 1 unspecified atom stereocenters. The van der Waals surface area contributed by atoms with Gasteiger partial charge >= 0.3 is 0 Å². The summed E-state index contributed by atoms with van der Waals surface area (Å²) in [6, 6.07) is 1.66. The summed E-state index contributed by atoms with van der Waals surface area (Å²) in [7, 11) is -3.51. The number of hydrogen-bond donors (Lipinski definition) is 2. The van der Waals surface area contributed by atoms with Gasteiger partial charge in [-0.3, -0.25) is 0 Å². The van der Waals surface area contributed by atoms with E-state index in [0.717, 1.165) is 9.75 Å². The predicted octanol–water partition coefficient (Wildman–Crippen LogP) is 1.80. The van der Waals surface area contributed by atoms with Crippen LogP contribution < -0.4 is 4.72 Å². The summed E-state index contributed by atoms with van der Waals surface area (Å²) >= 11 is 1.45. The van der Waals surface area contributed by atoms with Crippen molar-refractivity contribution >= 4 is 21.4 Å². The van der Waals surface area contributed by atoms with E-state index in [2.05, 4.69) is 4.72 Å². The van der Waals surface area contributed by atoms with E-state index in [1.54, 1.807) is 19.9 Å². The quantitative estimate of drug-likeness (QED) is 0.862. The van der Waals surface area contributed by atoms with Crippen LogP contribution in [0.1, 0.15) is 30.0 Å². The van der Waals surface area contributed by atoms with E-state index in [-0.39, 0.29) is 6.54 Å². The molecular weight excluding hydrogens is 258 g/mol. The zero-order valence-corrected chi connectivity index (χ0v) is 12.2. The van der Waals surface area contributed by atoms with E-state index in [4.69, 9.17) is 0 Å². The molecule has 0 aromatic carbocycles. The molecule has 1 atom stereocenters. The van der Waals surface area contributed by atoms with Crippen LogP contribution in [0, 0.1) is 13.8 Å². The first kappa shape index (κ1) is 14.6. The van der Waals surface area contributed by atoms with Crippen LogP contribution in [0.2, 0.25) is 0 Å². The monoisotopic (exact) mass is 277 g/mol. The molecule has 2 N–H and O–H groups in total. The van der Waals surface area contributed by atoms with Gasteiger partial charge in [0.05, 0.1) is 10.5 Å². The molecule has 1 rings (SSSR count). The fourth-order valence-electron chi connectivity index (χ4n) is 1.33. The SMILES string of the molecule is CCC(C)(O)CNS(=O)(=O)c1cc(C)sc1C. The first-order valence-corrected chi connectivity index (χ1v) is 7.77. The smallest absolute Gasteiger partial charge is 0.241 e. The van der Waals surface area contributed by atoms with Crippen molar-refractivity contribution in [3.8, 4) is 0 Å². The van der Waals surface area contributed by atoms with E-state index in [1.807, 2.05) is 13.8 Å². The van der Waals surface area contributed by atoms with E-state index in [1.165, 1.54) is 11.3 Å².